The van der Waals surface area contributed by atoms with Gasteiger partial charge in [0.25, 0.3) is 0 Å². The van der Waals surface area contributed by atoms with Gasteiger partial charge in [0.2, 0.25) is 5.91 Å². The standard InChI is InChI=1S/C19H19NO4/c1-3-24-19(22)15-7-9-16(10-8-15)20-18(21)13-6-14-4-11-17(23-2)12-5-14/h4-13H,3H2,1-2H3,(H,20,21)/b13-6+. The van der Waals surface area contributed by atoms with Gasteiger partial charge >= 0.3 is 5.97 Å². The van der Waals surface area contributed by atoms with Crippen LogP contribution in [0.3, 0.4) is 0 Å². The van der Waals surface area contributed by atoms with Crippen LogP contribution in [0.5, 0.6) is 5.75 Å². The Kier molecular flexibility index (Phi) is 6.14. The number of benzene rings is 2. The smallest absolute Gasteiger partial charge is 0.338 e. The largest absolute Gasteiger partial charge is 0.497 e. The second-order valence-electron chi connectivity index (χ2n) is 4.89. The molecule has 5 nitrogen and oxygen atoms in total. The molecule has 0 saturated carbocycles. The van der Waals surface area contributed by atoms with Gasteiger partial charge in [0.1, 0.15) is 5.75 Å². The van der Waals surface area contributed by atoms with Crippen molar-refractivity contribution in [2.45, 2.75) is 6.92 Å². The molecule has 0 aliphatic carbocycles. The summed E-state index contributed by atoms with van der Waals surface area (Å²) in [5.74, 6) is 0.128. The molecule has 0 heterocycles. The molecular formula is C19H19NO4. The van der Waals surface area contributed by atoms with E-state index in [-0.39, 0.29) is 11.9 Å². The lowest BCUT2D eigenvalue weighted by Crippen LogP contribution is -2.08. The zero-order valence-corrected chi connectivity index (χ0v) is 13.6. The fourth-order valence-corrected chi connectivity index (χ4v) is 1.97. The van der Waals surface area contributed by atoms with Crippen molar-refractivity contribution in [1.82, 2.24) is 0 Å². The average molecular weight is 325 g/mol. The predicted molar refractivity (Wildman–Crippen MR) is 93.1 cm³/mol. The van der Waals surface area contributed by atoms with Crippen molar-refractivity contribution < 1.29 is 19.1 Å². The van der Waals surface area contributed by atoms with E-state index in [0.717, 1.165) is 11.3 Å². The number of methoxy groups -OCH3 is 1. The summed E-state index contributed by atoms with van der Waals surface area (Å²) in [6.45, 7) is 2.08. The predicted octanol–water partition coefficient (Wildman–Crippen LogP) is 3.52. The van der Waals surface area contributed by atoms with Crippen molar-refractivity contribution in [3.05, 3.63) is 65.7 Å². The van der Waals surface area contributed by atoms with Crippen LogP contribution in [0.25, 0.3) is 6.08 Å². The third-order valence-corrected chi connectivity index (χ3v) is 3.21. The van der Waals surface area contributed by atoms with Crippen LogP contribution < -0.4 is 10.1 Å². The lowest BCUT2D eigenvalue weighted by molar-refractivity contribution is -0.111. The molecule has 0 aliphatic heterocycles. The molecule has 0 unspecified atom stereocenters. The summed E-state index contributed by atoms with van der Waals surface area (Å²) in [6, 6.07) is 13.9. The van der Waals surface area contributed by atoms with Gasteiger partial charge in [-0.05, 0) is 55.0 Å². The van der Waals surface area contributed by atoms with E-state index in [1.807, 2.05) is 24.3 Å². The van der Waals surface area contributed by atoms with Crippen LogP contribution in [-0.2, 0) is 9.53 Å². The molecule has 1 amide bonds. The number of rotatable bonds is 6. The number of hydrogen-bond donors (Lipinski definition) is 1. The number of amides is 1. The summed E-state index contributed by atoms with van der Waals surface area (Å²) in [5, 5.41) is 2.73. The highest BCUT2D eigenvalue weighted by atomic mass is 16.5. The Morgan fingerprint density at radius 1 is 1.04 bits per heavy atom. The highest BCUT2D eigenvalue weighted by molar-refractivity contribution is 6.02. The Hall–Kier alpha value is -3.08. The monoisotopic (exact) mass is 325 g/mol. The number of carbonyl (C=O) groups excluding carboxylic acids is 2. The summed E-state index contributed by atoms with van der Waals surface area (Å²) >= 11 is 0. The first kappa shape index (κ1) is 17.3. The number of carbonyl (C=O) groups is 2. The molecule has 24 heavy (non-hydrogen) atoms. The lowest BCUT2D eigenvalue weighted by atomic mass is 10.2. The normalized spacial score (nSPS) is 10.4. The Balaban J connectivity index is 1.93. The zero-order chi connectivity index (χ0) is 17.4. The van der Waals surface area contributed by atoms with Crippen LogP contribution in [0.2, 0.25) is 0 Å². The van der Waals surface area contributed by atoms with E-state index in [0.29, 0.717) is 17.9 Å². The molecular weight excluding hydrogens is 306 g/mol. The van der Waals surface area contributed by atoms with Crippen LogP contribution >= 0.6 is 0 Å². The van der Waals surface area contributed by atoms with Crippen molar-refractivity contribution in [2.24, 2.45) is 0 Å². The van der Waals surface area contributed by atoms with E-state index in [4.69, 9.17) is 9.47 Å². The Morgan fingerprint density at radius 2 is 1.71 bits per heavy atom. The van der Waals surface area contributed by atoms with Crippen molar-refractivity contribution in [3.63, 3.8) is 0 Å². The van der Waals surface area contributed by atoms with Gasteiger partial charge < -0.3 is 14.8 Å². The second kappa shape index (κ2) is 8.53. The first-order chi connectivity index (χ1) is 11.6. The summed E-state index contributed by atoms with van der Waals surface area (Å²) in [7, 11) is 1.60. The molecule has 0 saturated heterocycles. The Morgan fingerprint density at radius 3 is 2.29 bits per heavy atom. The minimum atomic E-state index is -0.380. The van der Waals surface area contributed by atoms with Crippen molar-refractivity contribution >= 4 is 23.6 Å². The molecule has 0 aromatic heterocycles. The average Bonchev–Trinajstić information content (AvgIpc) is 2.61. The molecule has 0 aliphatic rings. The van der Waals surface area contributed by atoms with Crippen LogP contribution in [0.1, 0.15) is 22.8 Å². The molecule has 2 aromatic rings. The summed E-state index contributed by atoms with van der Waals surface area (Å²) < 4.78 is 9.99. The number of anilines is 1. The SMILES string of the molecule is CCOC(=O)c1ccc(NC(=O)/C=C/c2ccc(OC)cc2)cc1. The molecule has 0 spiro atoms. The first-order valence-electron chi connectivity index (χ1n) is 7.52. The summed E-state index contributed by atoms with van der Waals surface area (Å²) in [6.07, 6.45) is 3.16. The molecule has 0 bridgehead atoms. The zero-order valence-electron chi connectivity index (χ0n) is 13.6. The molecule has 5 heteroatoms. The van der Waals surface area contributed by atoms with Crippen molar-refractivity contribution in [1.29, 1.82) is 0 Å². The maximum Gasteiger partial charge on any atom is 0.338 e. The van der Waals surface area contributed by atoms with E-state index in [9.17, 15) is 9.59 Å². The maximum atomic E-state index is 11.9. The Bertz CT molecular complexity index is 718. The third kappa shape index (κ3) is 4.98. The minimum Gasteiger partial charge on any atom is -0.497 e. The summed E-state index contributed by atoms with van der Waals surface area (Å²) in [5.41, 5.74) is 1.94. The van der Waals surface area contributed by atoms with E-state index in [1.54, 1.807) is 44.4 Å². The van der Waals surface area contributed by atoms with Crippen LogP contribution in [0.15, 0.2) is 54.6 Å². The number of esters is 1. The van der Waals surface area contributed by atoms with Gasteiger partial charge in [-0.25, -0.2) is 4.79 Å². The van der Waals surface area contributed by atoms with Gasteiger partial charge in [0.05, 0.1) is 19.3 Å². The van der Waals surface area contributed by atoms with Crippen molar-refractivity contribution in [3.8, 4) is 5.75 Å². The van der Waals surface area contributed by atoms with E-state index < -0.39 is 0 Å². The summed E-state index contributed by atoms with van der Waals surface area (Å²) in [4.78, 5) is 23.5. The van der Waals surface area contributed by atoms with E-state index in [1.165, 1.54) is 6.08 Å². The molecule has 0 fully saturated rings. The fourth-order valence-electron chi connectivity index (χ4n) is 1.97. The number of hydrogen-bond acceptors (Lipinski definition) is 4. The van der Waals surface area contributed by atoms with Gasteiger partial charge in [-0.3, -0.25) is 4.79 Å². The number of ether oxygens (including phenoxy) is 2. The first-order valence-corrected chi connectivity index (χ1v) is 7.52. The van der Waals surface area contributed by atoms with Gasteiger partial charge in [-0.15, -0.1) is 0 Å². The maximum absolute atomic E-state index is 11.9. The molecule has 124 valence electrons. The quantitative estimate of drug-likeness (QED) is 0.652. The second-order valence-corrected chi connectivity index (χ2v) is 4.89. The number of nitrogens with one attached hydrogen (secondary N) is 1. The minimum absolute atomic E-state index is 0.255. The molecule has 2 rings (SSSR count). The highest BCUT2D eigenvalue weighted by Gasteiger charge is 2.06. The van der Waals surface area contributed by atoms with E-state index >= 15 is 0 Å². The van der Waals surface area contributed by atoms with Gasteiger partial charge in [-0.2, -0.15) is 0 Å². The van der Waals surface area contributed by atoms with Gasteiger partial charge in [0.15, 0.2) is 0 Å². The molecule has 2 aromatic carbocycles. The third-order valence-electron chi connectivity index (χ3n) is 3.21. The van der Waals surface area contributed by atoms with Crippen LogP contribution in [-0.4, -0.2) is 25.6 Å². The van der Waals surface area contributed by atoms with Crippen LogP contribution in [0.4, 0.5) is 5.69 Å². The topological polar surface area (TPSA) is 64.6 Å². The Labute approximate surface area is 140 Å². The molecule has 1 N–H and O–H groups in total. The highest BCUT2D eigenvalue weighted by Crippen LogP contribution is 2.13. The van der Waals surface area contributed by atoms with E-state index in [2.05, 4.69) is 5.32 Å². The van der Waals surface area contributed by atoms with Crippen molar-refractivity contribution in [2.75, 3.05) is 19.0 Å². The van der Waals surface area contributed by atoms with Crippen LogP contribution in [0, 0.1) is 0 Å². The lowest BCUT2D eigenvalue weighted by Gasteiger charge is -2.04. The fraction of sp³-hybridized carbons (Fsp3) is 0.158. The molecule has 0 atom stereocenters. The van der Waals surface area contributed by atoms with Gasteiger partial charge in [-0.1, -0.05) is 12.1 Å². The van der Waals surface area contributed by atoms with Gasteiger partial charge in [0, 0.05) is 11.8 Å². The molecule has 0 radical (unpaired) electrons.